The molecule has 2 N–H and O–H groups in total. The number of nitroso groups, excluding NO2 is 1. The molecule has 1 saturated heterocycles. The van der Waals surface area contributed by atoms with Gasteiger partial charge in [-0.1, -0.05) is 0 Å². The molecule has 1 fully saturated rings. The second-order valence-electron chi connectivity index (χ2n) is 4.15. The average molecular weight is 235 g/mol. The van der Waals surface area contributed by atoms with Crippen LogP contribution in [0.2, 0.25) is 0 Å². The molecule has 0 bridgehead atoms. The van der Waals surface area contributed by atoms with Crippen molar-refractivity contribution >= 4 is 11.4 Å². The predicted octanol–water partition coefficient (Wildman–Crippen LogP) is 2.26. The van der Waals surface area contributed by atoms with Gasteiger partial charge in [-0.3, -0.25) is 0 Å². The Bertz CT molecular complexity index is 389. The number of nitrogens with zero attached hydrogens (tertiary/aromatic N) is 1. The first kappa shape index (κ1) is 11.9. The number of hydrogen-bond donors (Lipinski definition) is 2. The molecule has 17 heavy (non-hydrogen) atoms. The number of ether oxygens (including phenoxy) is 1. The van der Waals surface area contributed by atoms with Gasteiger partial charge in [0.2, 0.25) is 0 Å². The van der Waals surface area contributed by atoms with Crippen molar-refractivity contribution in [2.45, 2.75) is 18.9 Å². The monoisotopic (exact) mass is 235 g/mol. The van der Waals surface area contributed by atoms with Gasteiger partial charge >= 0.3 is 0 Å². The molecule has 1 aromatic carbocycles. The lowest BCUT2D eigenvalue weighted by Crippen LogP contribution is -2.35. The van der Waals surface area contributed by atoms with E-state index in [0.717, 1.165) is 31.6 Å². The third-order valence-electron chi connectivity index (χ3n) is 2.99. The highest BCUT2D eigenvalue weighted by atomic mass is 16.5. The molecule has 1 aromatic rings. The number of piperidine rings is 1. The molecule has 92 valence electrons. The summed E-state index contributed by atoms with van der Waals surface area (Å²) in [5.74, 6) is 0.513. The zero-order chi connectivity index (χ0) is 12.1. The van der Waals surface area contributed by atoms with Crippen molar-refractivity contribution in [3.63, 3.8) is 0 Å². The minimum absolute atomic E-state index is 0.336. The van der Waals surface area contributed by atoms with Crippen molar-refractivity contribution in [1.29, 1.82) is 0 Å². The van der Waals surface area contributed by atoms with Crippen molar-refractivity contribution in [3.8, 4) is 5.75 Å². The van der Waals surface area contributed by atoms with Crippen LogP contribution in [0.15, 0.2) is 23.4 Å². The van der Waals surface area contributed by atoms with Gasteiger partial charge in [-0.15, -0.1) is 4.91 Å². The number of methoxy groups -OCH3 is 1. The molecule has 1 aliphatic heterocycles. The summed E-state index contributed by atoms with van der Waals surface area (Å²) < 4.78 is 5.12. The van der Waals surface area contributed by atoms with Gasteiger partial charge in [0.15, 0.2) is 0 Å². The minimum Gasteiger partial charge on any atom is -0.494 e. The molecule has 2 rings (SSSR count). The van der Waals surface area contributed by atoms with Gasteiger partial charge in [-0.2, -0.15) is 0 Å². The molecule has 0 aromatic heterocycles. The van der Waals surface area contributed by atoms with E-state index in [9.17, 15) is 4.91 Å². The lowest BCUT2D eigenvalue weighted by Gasteiger charge is -2.24. The van der Waals surface area contributed by atoms with Gasteiger partial charge in [-0.05, 0) is 43.2 Å². The second-order valence-corrected chi connectivity index (χ2v) is 4.15. The maximum Gasteiger partial charge on any atom is 0.150 e. The molecule has 0 atom stereocenters. The van der Waals surface area contributed by atoms with Gasteiger partial charge < -0.3 is 15.4 Å². The molecule has 1 heterocycles. The summed E-state index contributed by atoms with van der Waals surface area (Å²) in [7, 11) is 1.54. The van der Waals surface area contributed by atoms with Crippen LogP contribution in [0.25, 0.3) is 0 Å². The van der Waals surface area contributed by atoms with E-state index in [1.807, 2.05) is 12.1 Å². The van der Waals surface area contributed by atoms with Crippen LogP contribution in [0.1, 0.15) is 12.8 Å². The van der Waals surface area contributed by atoms with Crippen molar-refractivity contribution < 1.29 is 4.74 Å². The van der Waals surface area contributed by atoms with Crippen LogP contribution in [0.3, 0.4) is 0 Å². The van der Waals surface area contributed by atoms with Gasteiger partial charge in [0.25, 0.3) is 0 Å². The Hall–Kier alpha value is -1.62. The third-order valence-corrected chi connectivity index (χ3v) is 2.99. The van der Waals surface area contributed by atoms with Gasteiger partial charge in [0.1, 0.15) is 11.4 Å². The van der Waals surface area contributed by atoms with E-state index < -0.39 is 0 Å². The van der Waals surface area contributed by atoms with Crippen LogP contribution >= 0.6 is 0 Å². The number of rotatable bonds is 4. The van der Waals surface area contributed by atoms with Crippen molar-refractivity contribution in [3.05, 3.63) is 23.1 Å². The summed E-state index contributed by atoms with van der Waals surface area (Å²) in [6, 6.07) is 5.84. The van der Waals surface area contributed by atoms with E-state index in [-0.39, 0.29) is 0 Å². The number of nitrogens with one attached hydrogen (secondary N) is 2. The molecule has 1 aliphatic rings. The summed E-state index contributed by atoms with van der Waals surface area (Å²) in [5, 5.41) is 9.68. The Balaban J connectivity index is 2.07. The summed E-state index contributed by atoms with van der Waals surface area (Å²) in [4.78, 5) is 10.5. The highest BCUT2D eigenvalue weighted by molar-refractivity contribution is 5.61. The SMILES string of the molecule is COc1cc(NC2CCNCC2)ccc1N=O. The second kappa shape index (κ2) is 5.63. The Labute approximate surface area is 101 Å². The van der Waals surface area contributed by atoms with E-state index in [1.54, 1.807) is 13.2 Å². The van der Waals surface area contributed by atoms with E-state index >= 15 is 0 Å². The number of anilines is 1. The molecule has 0 radical (unpaired) electrons. The van der Waals surface area contributed by atoms with Crippen molar-refractivity contribution in [1.82, 2.24) is 5.32 Å². The normalized spacial score (nSPS) is 16.5. The molecule has 0 saturated carbocycles. The molecule has 0 aliphatic carbocycles. The average Bonchev–Trinajstić information content (AvgIpc) is 2.40. The fourth-order valence-electron chi connectivity index (χ4n) is 2.04. The first-order valence-electron chi connectivity index (χ1n) is 5.82. The molecule has 0 amide bonds. The smallest absolute Gasteiger partial charge is 0.150 e. The molecular weight excluding hydrogens is 218 g/mol. The number of benzene rings is 1. The zero-order valence-corrected chi connectivity index (χ0v) is 9.90. The highest BCUT2D eigenvalue weighted by Gasteiger charge is 2.13. The maximum absolute atomic E-state index is 10.5. The number of hydrogen-bond acceptors (Lipinski definition) is 5. The van der Waals surface area contributed by atoms with E-state index in [2.05, 4.69) is 15.8 Å². The maximum atomic E-state index is 10.5. The van der Waals surface area contributed by atoms with Crippen LogP contribution in [0, 0.1) is 4.91 Å². The first-order chi connectivity index (χ1) is 8.33. The van der Waals surface area contributed by atoms with Crippen LogP contribution in [-0.2, 0) is 0 Å². The van der Waals surface area contributed by atoms with Crippen LogP contribution in [0.4, 0.5) is 11.4 Å². The minimum atomic E-state index is 0.336. The van der Waals surface area contributed by atoms with Crippen LogP contribution < -0.4 is 15.4 Å². The van der Waals surface area contributed by atoms with Crippen molar-refractivity contribution in [2.75, 3.05) is 25.5 Å². The standard InChI is InChI=1S/C12H17N3O2/c1-17-12-8-10(2-3-11(12)15-16)14-9-4-6-13-7-5-9/h2-3,8-9,13-14H,4-7H2,1H3. The Kier molecular flexibility index (Phi) is 3.93. The van der Waals surface area contributed by atoms with Crippen LogP contribution in [0.5, 0.6) is 5.75 Å². The van der Waals surface area contributed by atoms with Crippen LogP contribution in [-0.4, -0.2) is 26.2 Å². The highest BCUT2D eigenvalue weighted by Crippen LogP contribution is 2.30. The molecule has 5 heteroatoms. The summed E-state index contributed by atoms with van der Waals surface area (Å²) >= 11 is 0. The fourth-order valence-corrected chi connectivity index (χ4v) is 2.04. The third kappa shape index (κ3) is 2.94. The predicted molar refractivity (Wildman–Crippen MR) is 68.0 cm³/mol. The summed E-state index contributed by atoms with van der Waals surface area (Å²) in [5.41, 5.74) is 1.31. The largest absolute Gasteiger partial charge is 0.494 e. The Morgan fingerprint density at radius 3 is 2.82 bits per heavy atom. The van der Waals surface area contributed by atoms with Gasteiger partial charge in [0.05, 0.1) is 7.11 Å². The first-order valence-corrected chi connectivity index (χ1v) is 5.82. The fraction of sp³-hybridized carbons (Fsp3) is 0.500. The zero-order valence-electron chi connectivity index (χ0n) is 9.90. The molecule has 0 spiro atoms. The van der Waals surface area contributed by atoms with E-state index in [4.69, 9.17) is 4.74 Å². The molecular formula is C12H17N3O2. The lowest BCUT2D eigenvalue weighted by atomic mass is 10.1. The lowest BCUT2D eigenvalue weighted by molar-refractivity contribution is 0.416. The van der Waals surface area contributed by atoms with E-state index in [1.165, 1.54) is 0 Å². The Morgan fingerprint density at radius 2 is 2.18 bits per heavy atom. The Morgan fingerprint density at radius 1 is 1.41 bits per heavy atom. The summed E-state index contributed by atoms with van der Waals surface area (Å²) in [6.07, 6.45) is 2.21. The van der Waals surface area contributed by atoms with E-state index in [0.29, 0.717) is 17.5 Å². The van der Waals surface area contributed by atoms with Crippen molar-refractivity contribution in [2.24, 2.45) is 5.18 Å². The van der Waals surface area contributed by atoms with Gasteiger partial charge in [-0.25, -0.2) is 0 Å². The molecule has 0 unspecified atom stereocenters. The molecule has 5 nitrogen and oxygen atoms in total. The topological polar surface area (TPSA) is 62.7 Å². The summed E-state index contributed by atoms with van der Waals surface area (Å²) in [6.45, 7) is 2.09. The quantitative estimate of drug-likeness (QED) is 0.786. The van der Waals surface area contributed by atoms with Gasteiger partial charge in [0, 0.05) is 17.8 Å².